The highest BCUT2D eigenvalue weighted by Gasteiger charge is 2.42. The SMILES string of the molecule is Cc1sc(C(=O)NC2CCN(CC(F)(F)F)CC2)cc1C1CC1NC1CCN(CC(F)(F)F)CC1. The van der Waals surface area contributed by atoms with Gasteiger partial charge >= 0.3 is 12.4 Å². The number of rotatable bonds is 7. The average Bonchev–Trinajstić information content (AvgIpc) is 3.39. The van der Waals surface area contributed by atoms with Gasteiger partial charge in [0.15, 0.2) is 0 Å². The number of nitrogens with zero attached hydrogens (tertiary/aromatic N) is 2. The van der Waals surface area contributed by atoms with Gasteiger partial charge < -0.3 is 10.6 Å². The maximum absolute atomic E-state index is 12.8. The third-order valence-corrected chi connectivity index (χ3v) is 8.20. The van der Waals surface area contributed by atoms with Gasteiger partial charge in [0.2, 0.25) is 0 Å². The molecule has 35 heavy (non-hydrogen) atoms. The molecule has 0 radical (unpaired) electrons. The van der Waals surface area contributed by atoms with Gasteiger partial charge in [-0.25, -0.2) is 0 Å². The first-order chi connectivity index (χ1) is 16.4. The maximum atomic E-state index is 12.8. The van der Waals surface area contributed by atoms with E-state index in [4.69, 9.17) is 0 Å². The topological polar surface area (TPSA) is 47.6 Å². The number of thiophene rings is 1. The molecule has 4 rings (SSSR count). The van der Waals surface area contributed by atoms with E-state index in [9.17, 15) is 31.1 Å². The summed E-state index contributed by atoms with van der Waals surface area (Å²) in [6.45, 7) is 1.71. The summed E-state index contributed by atoms with van der Waals surface area (Å²) in [4.78, 5) is 17.3. The monoisotopic (exact) mass is 526 g/mol. The minimum absolute atomic E-state index is 0.128. The number of aryl methyl sites for hydroxylation is 1. The molecule has 198 valence electrons. The van der Waals surface area contributed by atoms with Crippen molar-refractivity contribution < 1.29 is 31.1 Å². The quantitative estimate of drug-likeness (QED) is 0.521. The number of alkyl halides is 6. The van der Waals surface area contributed by atoms with Crippen molar-refractivity contribution in [3.05, 3.63) is 21.4 Å². The molecule has 1 amide bonds. The Hall–Kier alpha value is -1.37. The van der Waals surface area contributed by atoms with E-state index in [2.05, 4.69) is 10.6 Å². The van der Waals surface area contributed by atoms with Crippen molar-refractivity contribution in [1.82, 2.24) is 20.4 Å². The first kappa shape index (κ1) is 26.7. The van der Waals surface area contributed by atoms with Gasteiger partial charge in [-0.1, -0.05) is 0 Å². The Balaban J connectivity index is 1.21. The van der Waals surface area contributed by atoms with Crippen LogP contribution < -0.4 is 10.6 Å². The van der Waals surface area contributed by atoms with E-state index in [0.717, 1.165) is 16.9 Å². The number of likely N-dealkylation sites (tertiary alicyclic amines) is 2. The van der Waals surface area contributed by atoms with Gasteiger partial charge in [0.1, 0.15) is 0 Å². The van der Waals surface area contributed by atoms with Gasteiger partial charge in [0, 0.05) is 42.0 Å². The van der Waals surface area contributed by atoms with Crippen LogP contribution in [0.3, 0.4) is 0 Å². The first-order valence-electron chi connectivity index (χ1n) is 12.1. The van der Waals surface area contributed by atoms with Gasteiger partial charge in [0.05, 0.1) is 18.0 Å². The summed E-state index contributed by atoms with van der Waals surface area (Å²) in [7, 11) is 0. The Morgan fingerprint density at radius 2 is 1.46 bits per heavy atom. The molecule has 1 aliphatic carbocycles. The summed E-state index contributed by atoms with van der Waals surface area (Å²) >= 11 is 1.43. The third-order valence-electron chi connectivity index (χ3n) is 7.14. The van der Waals surface area contributed by atoms with Crippen LogP contribution in [0.1, 0.15) is 58.1 Å². The second-order valence-electron chi connectivity index (χ2n) is 10.0. The Bertz CT molecular complexity index is 872. The molecule has 0 bridgehead atoms. The second-order valence-corrected chi connectivity index (χ2v) is 11.3. The molecule has 12 heteroatoms. The predicted octanol–water partition coefficient (Wildman–Crippen LogP) is 4.29. The predicted molar refractivity (Wildman–Crippen MR) is 122 cm³/mol. The van der Waals surface area contributed by atoms with Crippen LogP contribution >= 0.6 is 11.3 Å². The lowest BCUT2D eigenvalue weighted by Gasteiger charge is -2.33. The zero-order valence-corrected chi connectivity index (χ0v) is 20.5. The van der Waals surface area contributed by atoms with Crippen LogP contribution in [0.4, 0.5) is 26.3 Å². The third kappa shape index (κ3) is 7.80. The van der Waals surface area contributed by atoms with Crippen molar-refractivity contribution in [3.8, 4) is 0 Å². The zero-order chi connectivity index (χ0) is 25.4. The van der Waals surface area contributed by atoms with Crippen LogP contribution in [-0.4, -0.2) is 85.5 Å². The normalized spacial score (nSPS) is 25.7. The van der Waals surface area contributed by atoms with Crippen LogP contribution in [0.25, 0.3) is 0 Å². The number of nitrogens with one attached hydrogen (secondary N) is 2. The van der Waals surface area contributed by atoms with Crippen molar-refractivity contribution in [2.75, 3.05) is 39.3 Å². The average molecular weight is 527 g/mol. The van der Waals surface area contributed by atoms with Crippen LogP contribution in [0.2, 0.25) is 0 Å². The molecule has 2 aliphatic heterocycles. The van der Waals surface area contributed by atoms with Crippen molar-refractivity contribution >= 4 is 17.2 Å². The van der Waals surface area contributed by atoms with E-state index >= 15 is 0 Å². The molecule has 3 aliphatic rings. The van der Waals surface area contributed by atoms with E-state index < -0.39 is 25.4 Å². The Morgan fingerprint density at radius 1 is 0.943 bits per heavy atom. The lowest BCUT2D eigenvalue weighted by atomic mass is 10.0. The number of halogens is 6. The number of piperidine rings is 2. The highest BCUT2D eigenvalue weighted by Crippen LogP contribution is 2.45. The summed E-state index contributed by atoms with van der Waals surface area (Å²) in [5.74, 6) is 0.118. The van der Waals surface area contributed by atoms with Crippen molar-refractivity contribution in [2.45, 2.75) is 75.4 Å². The van der Waals surface area contributed by atoms with Gasteiger partial charge in [0.25, 0.3) is 5.91 Å². The van der Waals surface area contributed by atoms with Crippen LogP contribution in [0, 0.1) is 6.92 Å². The fourth-order valence-electron chi connectivity index (χ4n) is 5.26. The molecule has 1 saturated carbocycles. The molecule has 2 saturated heterocycles. The number of hydrogen-bond acceptors (Lipinski definition) is 5. The number of amides is 1. The summed E-state index contributed by atoms with van der Waals surface area (Å²) in [6, 6.07) is 2.28. The fraction of sp³-hybridized carbons (Fsp3) is 0.783. The highest BCUT2D eigenvalue weighted by molar-refractivity contribution is 7.14. The fourth-order valence-corrected chi connectivity index (χ4v) is 6.25. The van der Waals surface area contributed by atoms with Gasteiger partial charge in [-0.3, -0.25) is 14.6 Å². The van der Waals surface area contributed by atoms with Crippen LogP contribution in [0.15, 0.2) is 6.07 Å². The Morgan fingerprint density at radius 3 is 1.97 bits per heavy atom. The second kappa shape index (κ2) is 10.5. The molecule has 3 fully saturated rings. The molecule has 2 atom stereocenters. The minimum Gasteiger partial charge on any atom is -0.349 e. The lowest BCUT2D eigenvalue weighted by Crippen LogP contribution is -2.46. The van der Waals surface area contributed by atoms with E-state index in [1.54, 1.807) is 0 Å². The molecular weight excluding hydrogens is 494 g/mol. The summed E-state index contributed by atoms with van der Waals surface area (Å²) in [5.41, 5.74) is 1.13. The molecular formula is C23H32F6N4OS. The Kier molecular flexibility index (Phi) is 8.04. The summed E-state index contributed by atoms with van der Waals surface area (Å²) in [5, 5.41) is 6.57. The molecule has 5 nitrogen and oxygen atoms in total. The largest absolute Gasteiger partial charge is 0.401 e. The highest BCUT2D eigenvalue weighted by atomic mass is 32.1. The summed E-state index contributed by atoms with van der Waals surface area (Å²) in [6.07, 6.45) is -5.05. The van der Waals surface area contributed by atoms with E-state index in [1.165, 1.54) is 21.1 Å². The number of carbonyl (C=O) groups is 1. The van der Waals surface area contributed by atoms with E-state index in [0.29, 0.717) is 62.7 Å². The van der Waals surface area contributed by atoms with Crippen molar-refractivity contribution in [2.24, 2.45) is 0 Å². The van der Waals surface area contributed by atoms with Crippen molar-refractivity contribution in [1.29, 1.82) is 0 Å². The molecule has 2 unspecified atom stereocenters. The standard InChI is InChI=1S/C23H32F6N4OS/c1-14-17(18-10-19(18)30-15-2-6-32(7-3-15)12-22(24,25)26)11-20(35-14)21(34)31-16-4-8-33(9-5-16)13-23(27,28)29/h11,15-16,18-19,30H,2-10,12-13H2,1H3,(H,31,34). The number of hydrogen-bond donors (Lipinski definition) is 2. The first-order valence-corrected chi connectivity index (χ1v) is 12.9. The minimum atomic E-state index is -4.21. The zero-order valence-electron chi connectivity index (χ0n) is 19.6. The maximum Gasteiger partial charge on any atom is 0.401 e. The molecule has 3 heterocycles. The van der Waals surface area contributed by atoms with E-state index in [-0.39, 0.29) is 24.0 Å². The lowest BCUT2D eigenvalue weighted by molar-refractivity contribution is -0.148. The smallest absolute Gasteiger partial charge is 0.349 e. The van der Waals surface area contributed by atoms with E-state index in [1.807, 2.05) is 13.0 Å². The Labute approximate surface area is 205 Å². The van der Waals surface area contributed by atoms with Gasteiger partial charge in [-0.2, -0.15) is 26.3 Å². The van der Waals surface area contributed by atoms with Crippen LogP contribution in [0.5, 0.6) is 0 Å². The van der Waals surface area contributed by atoms with Gasteiger partial charge in [-0.05, 0) is 63.7 Å². The molecule has 2 N–H and O–H groups in total. The van der Waals surface area contributed by atoms with Crippen LogP contribution in [-0.2, 0) is 0 Å². The molecule has 1 aromatic heterocycles. The molecule has 0 aromatic carbocycles. The van der Waals surface area contributed by atoms with Gasteiger partial charge in [-0.15, -0.1) is 11.3 Å². The number of carbonyl (C=O) groups excluding carboxylic acids is 1. The molecule has 0 spiro atoms. The molecule has 1 aromatic rings. The van der Waals surface area contributed by atoms with Crippen molar-refractivity contribution in [3.63, 3.8) is 0 Å². The summed E-state index contributed by atoms with van der Waals surface area (Å²) < 4.78 is 75.4.